The molecule has 0 saturated carbocycles. The lowest BCUT2D eigenvalue weighted by Crippen LogP contribution is -2.18. The second-order valence-electron chi connectivity index (χ2n) is 3.55. The maximum Gasteiger partial charge on any atom is 0.341 e. The van der Waals surface area contributed by atoms with Crippen LogP contribution < -0.4 is 4.74 Å². The standard InChI is InChI=1S/C12H13NO4/c1-15-11-5-2-4-9(10(11)8-13-14)12-16-6-3-7-17-12/h2,4-5,12H,3,6-7H2,1H3. The molecule has 0 spiro atoms. The van der Waals surface area contributed by atoms with Gasteiger partial charge in [-0.1, -0.05) is 12.1 Å². The van der Waals surface area contributed by atoms with Crippen LogP contribution in [0.4, 0.5) is 0 Å². The van der Waals surface area contributed by atoms with E-state index in [1.807, 2.05) is 12.1 Å². The van der Waals surface area contributed by atoms with Gasteiger partial charge in [0, 0.05) is 10.6 Å². The van der Waals surface area contributed by atoms with Crippen LogP contribution in [0.2, 0.25) is 0 Å². The molecule has 1 heterocycles. The Labute approximate surface area is 99.3 Å². The van der Waals surface area contributed by atoms with Crippen molar-refractivity contribution in [3.8, 4) is 11.8 Å². The van der Waals surface area contributed by atoms with Crippen molar-refractivity contribution < 1.29 is 14.2 Å². The Hall–Kier alpha value is -1.77. The second kappa shape index (κ2) is 5.53. The highest BCUT2D eigenvalue weighted by molar-refractivity contribution is 5.50. The average molecular weight is 235 g/mol. The van der Waals surface area contributed by atoms with Gasteiger partial charge in [0.2, 0.25) is 0 Å². The lowest BCUT2D eigenvalue weighted by Gasteiger charge is -2.24. The lowest BCUT2D eigenvalue weighted by atomic mass is 10.1. The zero-order valence-corrected chi connectivity index (χ0v) is 9.51. The molecule has 90 valence electrons. The summed E-state index contributed by atoms with van der Waals surface area (Å²) < 4.78 is 16.1. The topological polar surface area (TPSA) is 55.1 Å². The Morgan fingerprint density at radius 3 is 2.82 bits per heavy atom. The minimum absolute atomic E-state index is 0.483. The quantitative estimate of drug-likeness (QED) is 0.738. The summed E-state index contributed by atoms with van der Waals surface area (Å²) in [6.07, 6.45) is 0.387. The van der Waals surface area contributed by atoms with Crippen molar-refractivity contribution in [2.24, 2.45) is 0 Å². The van der Waals surface area contributed by atoms with Crippen LogP contribution in [0.3, 0.4) is 0 Å². The third-order valence-corrected chi connectivity index (χ3v) is 2.52. The summed E-state index contributed by atoms with van der Waals surface area (Å²) in [5.74, 6) is 0.528. The number of hydrogen-bond donors (Lipinski definition) is 0. The van der Waals surface area contributed by atoms with Gasteiger partial charge in [-0.2, -0.15) is 0 Å². The van der Waals surface area contributed by atoms with E-state index in [4.69, 9.17) is 14.2 Å². The number of nitrogens with zero attached hydrogens (tertiary/aromatic N) is 1. The third-order valence-electron chi connectivity index (χ3n) is 2.52. The largest absolute Gasteiger partial charge is 0.498 e. The van der Waals surface area contributed by atoms with Gasteiger partial charge in [-0.15, -0.1) is 0 Å². The smallest absolute Gasteiger partial charge is 0.341 e. The van der Waals surface area contributed by atoms with Crippen LogP contribution in [0.1, 0.15) is 23.8 Å². The third kappa shape index (κ3) is 2.49. The average Bonchev–Trinajstić information content (AvgIpc) is 2.40. The molecule has 2 rings (SSSR count). The Balaban J connectivity index is 2.39. The molecule has 0 aromatic heterocycles. The molecule has 0 N–H and O–H groups in total. The molecule has 17 heavy (non-hydrogen) atoms. The maximum absolute atomic E-state index is 10.4. The molecule has 0 atom stereocenters. The van der Waals surface area contributed by atoms with Crippen molar-refractivity contribution in [3.63, 3.8) is 0 Å². The van der Waals surface area contributed by atoms with Gasteiger partial charge in [-0.3, -0.25) is 0 Å². The molecule has 0 radical (unpaired) electrons. The molecule has 1 fully saturated rings. The normalized spacial score (nSPS) is 16.1. The van der Waals surface area contributed by atoms with E-state index in [0.29, 0.717) is 30.1 Å². The van der Waals surface area contributed by atoms with Crippen molar-refractivity contribution in [3.05, 3.63) is 39.5 Å². The molecule has 1 aromatic carbocycles. The van der Waals surface area contributed by atoms with Gasteiger partial charge in [0.25, 0.3) is 0 Å². The Morgan fingerprint density at radius 2 is 2.18 bits per heavy atom. The summed E-state index contributed by atoms with van der Waals surface area (Å²) in [6.45, 7) is 1.27. The van der Waals surface area contributed by atoms with Crippen LogP contribution in [-0.4, -0.2) is 20.3 Å². The summed E-state index contributed by atoms with van der Waals surface area (Å²) in [6, 6.07) is 7.74. The monoisotopic (exact) mass is 235 g/mol. The number of benzene rings is 1. The van der Waals surface area contributed by atoms with E-state index in [1.165, 1.54) is 7.11 Å². The fraction of sp³-hybridized carbons (Fsp3) is 0.417. The highest BCUT2D eigenvalue weighted by Gasteiger charge is 2.23. The van der Waals surface area contributed by atoms with Crippen LogP contribution in [0, 0.1) is 11.3 Å². The molecule has 1 aromatic rings. The van der Waals surface area contributed by atoms with E-state index in [1.54, 1.807) is 6.07 Å². The molecule has 0 unspecified atom stereocenters. The molecular formula is C12H13NO4. The molecule has 1 aliphatic heterocycles. The number of rotatable bonds is 2. The first-order chi connectivity index (χ1) is 8.36. The van der Waals surface area contributed by atoms with Gasteiger partial charge in [0.15, 0.2) is 11.9 Å². The molecule has 0 amide bonds. The predicted molar refractivity (Wildman–Crippen MR) is 62.0 cm³/mol. The lowest BCUT2D eigenvalue weighted by molar-refractivity contribution is -0.183. The van der Waals surface area contributed by atoms with Crippen LogP contribution in [-0.2, 0) is 9.47 Å². The SMILES string of the molecule is COc1cccc(C2OCCCO2)c1C#[N+][O-]. The highest BCUT2D eigenvalue weighted by atomic mass is 16.7. The zero-order valence-electron chi connectivity index (χ0n) is 9.51. The maximum atomic E-state index is 10.4. The molecule has 0 aliphatic carbocycles. The van der Waals surface area contributed by atoms with Crippen LogP contribution in [0.5, 0.6) is 5.75 Å². The van der Waals surface area contributed by atoms with Crippen molar-refractivity contribution in [2.45, 2.75) is 12.7 Å². The Bertz CT molecular complexity index is 444. The van der Waals surface area contributed by atoms with Crippen LogP contribution in [0.25, 0.3) is 5.01 Å². The van der Waals surface area contributed by atoms with E-state index in [9.17, 15) is 5.21 Å². The predicted octanol–water partition coefficient (Wildman–Crippen LogP) is 2.31. The first kappa shape index (κ1) is 11.7. The second-order valence-corrected chi connectivity index (χ2v) is 3.55. The fourth-order valence-electron chi connectivity index (χ4n) is 1.75. The fourth-order valence-corrected chi connectivity index (χ4v) is 1.75. The van der Waals surface area contributed by atoms with E-state index < -0.39 is 6.29 Å². The summed E-state index contributed by atoms with van der Waals surface area (Å²) in [4.78, 5) is 0. The van der Waals surface area contributed by atoms with E-state index in [0.717, 1.165) is 6.42 Å². The Kier molecular flexibility index (Phi) is 3.81. The summed E-state index contributed by atoms with van der Waals surface area (Å²) >= 11 is 0. The van der Waals surface area contributed by atoms with Gasteiger partial charge in [-0.05, 0) is 12.5 Å². The van der Waals surface area contributed by atoms with Gasteiger partial charge in [-0.25, -0.2) is 0 Å². The van der Waals surface area contributed by atoms with Crippen LogP contribution >= 0.6 is 0 Å². The van der Waals surface area contributed by atoms with Crippen molar-refractivity contribution in [1.82, 2.24) is 0 Å². The van der Waals surface area contributed by atoms with Crippen molar-refractivity contribution in [1.29, 1.82) is 0 Å². The number of ether oxygens (including phenoxy) is 3. The minimum Gasteiger partial charge on any atom is -0.498 e. The van der Waals surface area contributed by atoms with Gasteiger partial charge in [0.05, 0.1) is 20.3 Å². The zero-order chi connectivity index (χ0) is 12.1. The molecule has 0 bridgehead atoms. The molecule has 5 heteroatoms. The van der Waals surface area contributed by atoms with Gasteiger partial charge in [0.1, 0.15) is 5.75 Å². The first-order valence-electron chi connectivity index (χ1n) is 5.35. The molecule has 1 saturated heterocycles. The van der Waals surface area contributed by atoms with Crippen LogP contribution in [0.15, 0.2) is 18.2 Å². The van der Waals surface area contributed by atoms with Crippen molar-refractivity contribution in [2.75, 3.05) is 20.3 Å². The van der Waals surface area contributed by atoms with Crippen molar-refractivity contribution >= 4 is 0 Å². The molecular weight excluding hydrogens is 222 g/mol. The van der Waals surface area contributed by atoms with E-state index in [-0.39, 0.29) is 0 Å². The summed E-state index contributed by atoms with van der Waals surface area (Å²) in [5, 5.41) is 13.1. The van der Waals surface area contributed by atoms with E-state index >= 15 is 0 Å². The van der Waals surface area contributed by atoms with Gasteiger partial charge < -0.3 is 19.4 Å². The number of methoxy groups -OCH3 is 1. The first-order valence-corrected chi connectivity index (χ1v) is 5.35. The number of hydrogen-bond acceptors (Lipinski definition) is 4. The minimum atomic E-state index is -0.483. The Morgan fingerprint density at radius 1 is 1.41 bits per heavy atom. The van der Waals surface area contributed by atoms with E-state index in [2.05, 4.69) is 11.1 Å². The summed E-state index contributed by atoms with van der Waals surface area (Å²) in [5.41, 5.74) is 1.19. The van der Waals surface area contributed by atoms with Gasteiger partial charge >= 0.3 is 6.07 Å². The highest BCUT2D eigenvalue weighted by Crippen LogP contribution is 2.30. The summed E-state index contributed by atoms with van der Waals surface area (Å²) in [7, 11) is 1.53. The molecule has 1 aliphatic rings. The molecule has 5 nitrogen and oxygen atoms in total.